The molecule has 0 atom stereocenters. The van der Waals surface area contributed by atoms with E-state index in [1.807, 2.05) is 0 Å². The van der Waals surface area contributed by atoms with Crippen molar-refractivity contribution in [3.05, 3.63) is 58.9 Å². The van der Waals surface area contributed by atoms with Gasteiger partial charge in [-0.15, -0.1) is 0 Å². The molecule has 2 aromatic rings. The summed E-state index contributed by atoms with van der Waals surface area (Å²) in [4.78, 5) is 22.9. The van der Waals surface area contributed by atoms with Crippen LogP contribution < -0.4 is 5.32 Å². The van der Waals surface area contributed by atoms with Gasteiger partial charge >= 0.3 is 5.97 Å². The molecule has 1 amide bonds. The molecule has 0 fully saturated rings. The third-order valence-corrected chi connectivity index (χ3v) is 2.91. The van der Waals surface area contributed by atoms with E-state index in [0.29, 0.717) is 11.1 Å². The number of aromatic carboxylic acids is 1. The van der Waals surface area contributed by atoms with Gasteiger partial charge in [-0.3, -0.25) is 4.79 Å². The highest BCUT2D eigenvalue weighted by Gasteiger charge is 2.14. The van der Waals surface area contributed by atoms with Gasteiger partial charge in [0.05, 0.1) is 5.56 Å². The number of phenols is 1. The normalized spacial score (nSPS) is 10.2. The van der Waals surface area contributed by atoms with Gasteiger partial charge in [-0.25, -0.2) is 9.18 Å². The van der Waals surface area contributed by atoms with Gasteiger partial charge in [0.1, 0.15) is 11.6 Å². The van der Waals surface area contributed by atoms with Gasteiger partial charge in [-0.05, 0) is 48.9 Å². The highest BCUT2D eigenvalue weighted by atomic mass is 19.1. The van der Waals surface area contributed by atoms with Gasteiger partial charge in [0.15, 0.2) is 0 Å². The van der Waals surface area contributed by atoms with Crippen LogP contribution in [0.1, 0.15) is 26.3 Å². The summed E-state index contributed by atoms with van der Waals surface area (Å²) in [7, 11) is 0. The first-order valence-electron chi connectivity index (χ1n) is 6.02. The average molecular weight is 289 g/mol. The number of carboxylic acid groups (broad SMARTS) is 1. The standard InChI is InChI=1S/C15H12FNO4/c1-8-6-10(18)3-4-11(8)14(19)17-9-2-5-13(16)12(7-9)15(20)21/h2-7,18H,1H3,(H,17,19)(H,20,21). The van der Waals surface area contributed by atoms with Crippen LogP contribution in [0.25, 0.3) is 0 Å². The number of aryl methyl sites for hydroxylation is 1. The Hall–Kier alpha value is -2.89. The zero-order chi connectivity index (χ0) is 15.6. The van der Waals surface area contributed by atoms with E-state index in [1.165, 1.54) is 24.3 Å². The van der Waals surface area contributed by atoms with Crippen LogP contribution in [0, 0.1) is 12.7 Å². The predicted octanol–water partition coefficient (Wildman–Crippen LogP) is 2.79. The molecule has 2 aromatic carbocycles. The first-order valence-corrected chi connectivity index (χ1v) is 6.02. The number of carbonyl (C=O) groups excluding carboxylic acids is 1. The van der Waals surface area contributed by atoms with Gasteiger partial charge < -0.3 is 15.5 Å². The molecule has 0 unspecified atom stereocenters. The molecule has 5 nitrogen and oxygen atoms in total. The molecule has 0 saturated carbocycles. The first kappa shape index (κ1) is 14.5. The van der Waals surface area contributed by atoms with Crippen LogP contribution in [-0.2, 0) is 0 Å². The summed E-state index contributed by atoms with van der Waals surface area (Å²) >= 11 is 0. The topological polar surface area (TPSA) is 86.6 Å². The Morgan fingerprint density at radius 1 is 1.10 bits per heavy atom. The van der Waals surface area contributed by atoms with Crippen LogP contribution in [0.5, 0.6) is 5.75 Å². The van der Waals surface area contributed by atoms with Crippen molar-refractivity contribution in [2.45, 2.75) is 6.92 Å². The van der Waals surface area contributed by atoms with E-state index >= 15 is 0 Å². The number of aromatic hydroxyl groups is 1. The molecule has 0 aliphatic carbocycles. The average Bonchev–Trinajstić information content (AvgIpc) is 2.40. The summed E-state index contributed by atoms with van der Waals surface area (Å²) in [5.74, 6) is -2.72. The Balaban J connectivity index is 2.27. The quantitative estimate of drug-likeness (QED) is 0.811. The van der Waals surface area contributed by atoms with E-state index in [1.54, 1.807) is 6.92 Å². The van der Waals surface area contributed by atoms with Crippen molar-refractivity contribution in [3.63, 3.8) is 0 Å². The van der Waals surface area contributed by atoms with E-state index in [9.17, 15) is 19.1 Å². The van der Waals surface area contributed by atoms with Gasteiger partial charge in [0.2, 0.25) is 0 Å². The number of hydrogen-bond donors (Lipinski definition) is 3. The van der Waals surface area contributed by atoms with E-state index in [-0.39, 0.29) is 11.4 Å². The Morgan fingerprint density at radius 2 is 1.81 bits per heavy atom. The smallest absolute Gasteiger partial charge is 0.338 e. The molecule has 21 heavy (non-hydrogen) atoms. The van der Waals surface area contributed by atoms with Crippen LogP contribution >= 0.6 is 0 Å². The lowest BCUT2D eigenvalue weighted by molar-refractivity contribution is 0.0691. The maximum atomic E-state index is 13.3. The number of nitrogens with one attached hydrogen (secondary N) is 1. The number of halogens is 1. The van der Waals surface area contributed by atoms with Crippen molar-refractivity contribution >= 4 is 17.6 Å². The van der Waals surface area contributed by atoms with Gasteiger partial charge in [-0.1, -0.05) is 0 Å². The molecule has 0 bridgehead atoms. The maximum Gasteiger partial charge on any atom is 0.338 e. The molecular formula is C15H12FNO4. The monoisotopic (exact) mass is 289 g/mol. The van der Waals surface area contributed by atoms with Crippen molar-refractivity contribution in [1.82, 2.24) is 0 Å². The number of amides is 1. The van der Waals surface area contributed by atoms with Crippen LogP contribution in [0.2, 0.25) is 0 Å². The molecular weight excluding hydrogens is 277 g/mol. The van der Waals surface area contributed by atoms with Crippen molar-refractivity contribution < 1.29 is 24.2 Å². The Bertz CT molecular complexity index is 728. The Kier molecular flexibility index (Phi) is 3.89. The molecule has 6 heteroatoms. The SMILES string of the molecule is Cc1cc(O)ccc1C(=O)Nc1ccc(F)c(C(=O)O)c1. The summed E-state index contributed by atoms with van der Waals surface area (Å²) in [5.41, 5.74) is 0.545. The van der Waals surface area contributed by atoms with E-state index in [2.05, 4.69) is 5.32 Å². The summed E-state index contributed by atoms with van der Waals surface area (Å²) in [6.45, 7) is 1.65. The molecule has 0 aliphatic heterocycles. The molecule has 0 aromatic heterocycles. The Morgan fingerprint density at radius 3 is 2.43 bits per heavy atom. The molecule has 2 rings (SSSR count). The van der Waals surface area contributed by atoms with Gasteiger partial charge in [-0.2, -0.15) is 0 Å². The largest absolute Gasteiger partial charge is 0.508 e. The third-order valence-electron chi connectivity index (χ3n) is 2.91. The molecule has 0 saturated heterocycles. The lowest BCUT2D eigenvalue weighted by Crippen LogP contribution is -2.14. The molecule has 0 radical (unpaired) electrons. The lowest BCUT2D eigenvalue weighted by Gasteiger charge is -2.09. The second-order valence-electron chi connectivity index (χ2n) is 4.45. The molecule has 3 N–H and O–H groups in total. The van der Waals surface area contributed by atoms with Crippen molar-refractivity contribution in [1.29, 1.82) is 0 Å². The van der Waals surface area contributed by atoms with Crippen LogP contribution in [0.3, 0.4) is 0 Å². The number of carbonyl (C=O) groups is 2. The number of hydrogen-bond acceptors (Lipinski definition) is 3. The summed E-state index contributed by atoms with van der Waals surface area (Å²) < 4.78 is 13.3. The summed E-state index contributed by atoms with van der Waals surface area (Å²) in [6, 6.07) is 7.54. The lowest BCUT2D eigenvalue weighted by atomic mass is 10.1. The third kappa shape index (κ3) is 3.17. The summed E-state index contributed by atoms with van der Waals surface area (Å²) in [5, 5.41) is 20.6. The molecule has 0 aliphatic rings. The minimum atomic E-state index is -1.41. The fourth-order valence-electron chi connectivity index (χ4n) is 1.87. The zero-order valence-corrected chi connectivity index (χ0v) is 11.1. The van der Waals surface area contributed by atoms with Crippen molar-refractivity contribution in [2.75, 3.05) is 5.32 Å². The van der Waals surface area contributed by atoms with E-state index in [4.69, 9.17) is 5.11 Å². The number of rotatable bonds is 3. The van der Waals surface area contributed by atoms with Crippen molar-refractivity contribution in [2.24, 2.45) is 0 Å². The number of carboxylic acids is 1. The van der Waals surface area contributed by atoms with Crippen LogP contribution in [0.4, 0.5) is 10.1 Å². The number of phenolic OH excluding ortho intramolecular Hbond substituents is 1. The predicted molar refractivity (Wildman–Crippen MR) is 74.2 cm³/mol. The minimum absolute atomic E-state index is 0.0407. The molecule has 108 valence electrons. The number of anilines is 1. The number of benzene rings is 2. The zero-order valence-electron chi connectivity index (χ0n) is 11.1. The second-order valence-corrected chi connectivity index (χ2v) is 4.45. The van der Waals surface area contributed by atoms with Gasteiger partial charge in [0, 0.05) is 11.3 Å². The highest BCUT2D eigenvalue weighted by molar-refractivity contribution is 6.05. The fraction of sp³-hybridized carbons (Fsp3) is 0.0667. The van der Waals surface area contributed by atoms with Gasteiger partial charge in [0.25, 0.3) is 5.91 Å². The van der Waals surface area contributed by atoms with E-state index in [0.717, 1.165) is 12.1 Å². The van der Waals surface area contributed by atoms with E-state index < -0.39 is 23.3 Å². The first-order chi connectivity index (χ1) is 9.88. The van der Waals surface area contributed by atoms with Crippen LogP contribution in [0.15, 0.2) is 36.4 Å². The van der Waals surface area contributed by atoms with Crippen LogP contribution in [-0.4, -0.2) is 22.1 Å². The maximum absolute atomic E-state index is 13.3. The van der Waals surface area contributed by atoms with Crippen molar-refractivity contribution in [3.8, 4) is 5.75 Å². The Labute approximate surface area is 119 Å². The molecule has 0 spiro atoms. The summed E-state index contributed by atoms with van der Waals surface area (Å²) in [6.07, 6.45) is 0. The highest BCUT2D eigenvalue weighted by Crippen LogP contribution is 2.19. The minimum Gasteiger partial charge on any atom is -0.508 e. The second kappa shape index (κ2) is 5.62. The molecule has 0 heterocycles. The fourth-order valence-corrected chi connectivity index (χ4v) is 1.87.